The molecule has 0 saturated heterocycles. The van der Waals surface area contributed by atoms with Crippen molar-refractivity contribution in [2.24, 2.45) is 0 Å². The van der Waals surface area contributed by atoms with Crippen LogP contribution in [0.5, 0.6) is 11.9 Å². The van der Waals surface area contributed by atoms with Gasteiger partial charge in [-0.3, -0.25) is 4.79 Å². The summed E-state index contributed by atoms with van der Waals surface area (Å²) in [6.45, 7) is 3.07. The molecule has 0 N–H and O–H groups in total. The van der Waals surface area contributed by atoms with Crippen LogP contribution in [0.1, 0.15) is 12.6 Å². The molecule has 0 aromatic carbocycles. The second-order valence-electron chi connectivity index (χ2n) is 2.43. The van der Waals surface area contributed by atoms with Crippen LogP contribution in [0.2, 0.25) is 0 Å². The van der Waals surface area contributed by atoms with E-state index >= 15 is 0 Å². The van der Waals surface area contributed by atoms with E-state index in [1.807, 2.05) is 0 Å². The summed E-state index contributed by atoms with van der Waals surface area (Å²) in [5.41, 5.74) is 0.683. The first-order valence-electron chi connectivity index (χ1n) is 3.70. The Morgan fingerprint density at radius 1 is 1.46 bits per heavy atom. The van der Waals surface area contributed by atoms with Crippen molar-refractivity contribution in [3.63, 3.8) is 0 Å². The largest absolute Gasteiger partial charge is 0.467 e. The molecule has 5 heteroatoms. The van der Waals surface area contributed by atoms with Crippen LogP contribution in [-0.4, -0.2) is 23.0 Å². The second-order valence-corrected chi connectivity index (χ2v) is 2.43. The number of rotatable bonds is 2. The van der Waals surface area contributed by atoms with Crippen molar-refractivity contribution >= 4 is 5.97 Å². The molecule has 0 radical (unpaired) electrons. The van der Waals surface area contributed by atoms with Crippen molar-refractivity contribution < 1.29 is 14.3 Å². The van der Waals surface area contributed by atoms with Gasteiger partial charge in [0.2, 0.25) is 5.88 Å². The molecule has 0 aliphatic heterocycles. The zero-order valence-corrected chi connectivity index (χ0v) is 7.70. The minimum atomic E-state index is -0.417. The Balaban J connectivity index is 2.94. The molecule has 0 aliphatic carbocycles. The molecule has 1 rings (SSSR count). The third-order valence-corrected chi connectivity index (χ3v) is 1.24. The highest BCUT2D eigenvalue weighted by Crippen LogP contribution is 2.12. The fourth-order valence-electron chi connectivity index (χ4n) is 0.804. The third kappa shape index (κ3) is 2.70. The Morgan fingerprint density at radius 3 is 2.69 bits per heavy atom. The van der Waals surface area contributed by atoms with Gasteiger partial charge in [0, 0.05) is 18.7 Å². The van der Waals surface area contributed by atoms with Crippen LogP contribution in [0.3, 0.4) is 0 Å². The third-order valence-electron chi connectivity index (χ3n) is 1.24. The van der Waals surface area contributed by atoms with E-state index in [1.54, 1.807) is 13.0 Å². The minimum Gasteiger partial charge on any atom is -0.467 e. The summed E-state index contributed by atoms with van der Waals surface area (Å²) in [4.78, 5) is 18.4. The van der Waals surface area contributed by atoms with Crippen LogP contribution >= 0.6 is 0 Å². The van der Waals surface area contributed by atoms with Crippen LogP contribution in [0, 0.1) is 6.92 Å². The van der Waals surface area contributed by atoms with Crippen LogP contribution < -0.4 is 9.47 Å². The van der Waals surface area contributed by atoms with Crippen LogP contribution in [0.4, 0.5) is 0 Å². The molecule has 1 aromatic heterocycles. The number of nitrogens with zero attached hydrogens (tertiary/aromatic N) is 2. The predicted molar refractivity (Wildman–Crippen MR) is 44.6 cm³/mol. The number of ether oxygens (including phenoxy) is 2. The Kier molecular flexibility index (Phi) is 2.79. The van der Waals surface area contributed by atoms with Crippen molar-refractivity contribution in [3.05, 3.63) is 11.8 Å². The van der Waals surface area contributed by atoms with Crippen LogP contribution in [0.25, 0.3) is 0 Å². The number of aryl methyl sites for hydroxylation is 1. The second kappa shape index (κ2) is 3.84. The van der Waals surface area contributed by atoms with Crippen molar-refractivity contribution in [3.8, 4) is 11.9 Å². The van der Waals surface area contributed by atoms with Gasteiger partial charge in [-0.2, -0.15) is 4.98 Å². The van der Waals surface area contributed by atoms with Crippen molar-refractivity contribution in [1.82, 2.24) is 9.97 Å². The highest BCUT2D eigenvalue weighted by Gasteiger charge is 2.04. The van der Waals surface area contributed by atoms with Gasteiger partial charge < -0.3 is 9.47 Å². The molecular formula is C8H10N2O3. The van der Waals surface area contributed by atoms with Crippen molar-refractivity contribution in [2.45, 2.75) is 13.8 Å². The van der Waals surface area contributed by atoms with E-state index in [2.05, 4.69) is 9.97 Å². The summed E-state index contributed by atoms with van der Waals surface area (Å²) in [6.07, 6.45) is 0. The van der Waals surface area contributed by atoms with Crippen LogP contribution in [0.15, 0.2) is 6.07 Å². The SMILES string of the molecule is COc1nc(C)cc(OC(C)=O)n1. The lowest BCUT2D eigenvalue weighted by Gasteiger charge is -2.03. The Labute approximate surface area is 75.7 Å². The molecule has 0 amide bonds. The summed E-state index contributed by atoms with van der Waals surface area (Å²) < 4.78 is 9.57. The van der Waals surface area contributed by atoms with Gasteiger partial charge in [-0.15, -0.1) is 0 Å². The molecule has 5 nitrogen and oxygen atoms in total. The van der Waals surface area contributed by atoms with Gasteiger partial charge in [-0.05, 0) is 6.92 Å². The minimum absolute atomic E-state index is 0.191. The molecule has 0 saturated carbocycles. The molecule has 70 valence electrons. The maximum absolute atomic E-state index is 10.6. The Bertz CT molecular complexity index is 325. The smallest absolute Gasteiger partial charge is 0.319 e. The van der Waals surface area contributed by atoms with Gasteiger partial charge in [0.05, 0.1) is 7.11 Å². The maximum Gasteiger partial charge on any atom is 0.319 e. The lowest BCUT2D eigenvalue weighted by Crippen LogP contribution is -2.05. The van der Waals surface area contributed by atoms with Gasteiger partial charge in [-0.1, -0.05) is 0 Å². The molecule has 13 heavy (non-hydrogen) atoms. The summed E-state index contributed by atoms with van der Waals surface area (Å²) >= 11 is 0. The Morgan fingerprint density at radius 2 is 2.15 bits per heavy atom. The van der Waals surface area contributed by atoms with E-state index in [9.17, 15) is 4.79 Å². The quantitative estimate of drug-likeness (QED) is 0.630. The van der Waals surface area contributed by atoms with Gasteiger partial charge in [0.25, 0.3) is 0 Å². The molecule has 0 spiro atoms. The number of aromatic nitrogens is 2. The van der Waals surface area contributed by atoms with E-state index in [1.165, 1.54) is 14.0 Å². The molecule has 0 unspecified atom stereocenters. The summed E-state index contributed by atoms with van der Waals surface area (Å²) in [5.74, 6) is -0.211. The lowest BCUT2D eigenvalue weighted by molar-refractivity contribution is -0.132. The van der Waals surface area contributed by atoms with E-state index < -0.39 is 5.97 Å². The van der Waals surface area contributed by atoms with E-state index in [4.69, 9.17) is 9.47 Å². The fraction of sp³-hybridized carbons (Fsp3) is 0.375. The number of hydrogen-bond acceptors (Lipinski definition) is 5. The monoisotopic (exact) mass is 182 g/mol. The molecule has 1 heterocycles. The van der Waals surface area contributed by atoms with Gasteiger partial charge in [0.15, 0.2) is 0 Å². The standard InChI is InChI=1S/C8H10N2O3/c1-5-4-7(13-6(2)11)10-8(9-5)12-3/h4H,1-3H3. The topological polar surface area (TPSA) is 61.3 Å². The first kappa shape index (κ1) is 9.44. The molecular weight excluding hydrogens is 172 g/mol. The van der Waals surface area contributed by atoms with E-state index in [0.717, 1.165) is 0 Å². The highest BCUT2D eigenvalue weighted by atomic mass is 16.5. The lowest BCUT2D eigenvalue weighted by atomic mass is 10.4. The van der Waals surface area contributed by atoms with Gasteiger partial charge >= 0.3 is 12.0 Å². The van der Waals surface area contributed by atoms with E-state index in [-0.39, 0.29) is 11.9 Å². The first-order valence-corrected chi connectivity index (χ1v) is 3.70. The zero-order chi connectivity index (χ0) is 9.84. The number of carbonyl (C=O) groups excluding carboxylic acids is 1. The molecule has 0 atom stereocenters. The summed E-state index contributed by atoms with van der Waals surface area (Å²) in [6, 6.07) is 1.75. The van der Waals surface area contributed by atoms with E-state index in [0.29, 0.717) is 5.69 Å². The fourth-order valence-corrected chi connectivity index (χ4v) is 0.804. The average Bonchev–Trinajstić information content (AvgIpc) is 2.01. The van der Waals surface area contributed by atoms with Crippen LogP contribution in [-0.2, 0) is 4.79 Å². The molecule has 0 aliphatic rings. The van der Waals surface area contributed by atoms with Gasteiger partial charge in [-0.25, -0.2) is 4.98 Å². The number of carbonyl (C=O) groups is 1. The molecule has 0 bridgehead atoms. The zero-order valence-electron chi connectivity index (χ0n) is 7.70. The molecule has 0 fully saturated rings. The first-order chi connectivity index (χ1) is 6.11. The van der Waals surface area contributed by atoms with Gasteiger partial charge in [0.1, 0.15) is 0 Å². The number of methoxy groups -OCH3 is 1. The average molecular weight is 182 g/mol. The Hall–Kier alpha value is -1.65. The summed E-state index contributed by atoms with van der Waals surface area (Å²) in [5, 5.41) is 0. The highest BCUT2D eigenvalue weighted by molar-refractivity contribution is 5.68. The molecule has 1 aromatic rings. The summed E-state index contributed by atoms with van der Waals surface area (Å²) in [7, 11) is 1.45. The van der Waals surface area contributed by atoms with Crippen molar-refractivity contribution in [2.75, 3.05) is 7.11 Å². The predicted octanol–water partition coefficient (Wildman–Crippen LogP) is 0.719. The normalized spacial score (nSPS) is 9.46. The number of hydrogen-bond donors (Lipinski definition) is 0. The van der Waals surface area contributed by atoms with Crippen molar-refractivity contribution in [1.29, 1.82) is 0 Å². The number of esters is 1. The maximum atomic E-state index is 10.6.